The van der Waals surface area contributed by atoms with Crippen LogP contribution in [-0.2, 0) is 0 Å². The summed E-state index contributed by atoms with van der Waals surface area (Å²) in [4.78, 5) is 0. The highest BCUT2D eigenvalue weighted by molar-refractivity contribution is 9.10. The summed E-state index contributed by atoms with van der Waals surface area (Å²) in [5.74, 6) is 0.921. The van der Waals surface area contributed by atoms with Gasteiger partial charge in [0.2, 0.25) is 0 Å². The van der Waals surface area contributed by atoms with E-state index in [1.807, 2.05) is 24.3 Å². The first-order valence-corrected chi connectivity index (χ1v) is 6.71. The lowest BCUT2D eigenvalue weighted by Gasteiger charge is -2.07. The second-order valence-corrected chi connectivity index (χ2v) is 4.68. The van der Waals surface area contributed by atoms with Gasteiger partial charge in [-0.05, 0) is 31.2 Å². The smallest absolute Gasteiger partial charge is 0.120 e. The third-order valence-corrected chi connectivity index (χ3v) is 2.79. The van der Waals surface area contributed by atoms with Crippen LogP contribution in [0.4, 0.5) is 0 Å². The summed E-state index contributed by atoms with van der Waals surface area (Å²) < 4.78 is 6.66. The SMILES string of the molecule is CCCCCNCCOc1cccc(Br)c1. The van der Waals surface area contributed by atoms with Crippen molar-refractivity contribution in [3.8, 4) is 5.75 Å². The molecule has 1 rings (SSSR count). The lowest BCUT2D eigenvalue weighted by molar-refractivity contribution is 0.313. The van der Waals surface area contributed by atoms with Gasteiger partial charge in [-0.15, -0.1) is 0 Å². The molecule has 2 nitrogen and oxygen atoms in total. The van der Waals surface area contributed by atoms with Crippen LogP contribution in [0.25, 0.3) is 0 Å². The molecule has 0 saturated heterocycles. The molecule has 0 unspecified atom stereocenters. The standard InChI is InChI=1S/C13H20BrNO/c1-2-3-4-8-15-9-10-16-13-7-5-6-12(14)11-13/h5-7,11,15H,2-4,8-10H2,1H3. The van der Waals surface area contributed by atoms with E-state index in [2.05, 4.69) is 28.2 Å². The maximum atomic E-state index is 5.60. The van der Waals surface area contributed by atoms with Crippen molar-refractivity contribution in [3.05, 3.63) is 28.7 Å². The van der Waals surface area contributed by atoms with Gasteiger partial charge in [0.05, 0.1) is 0 Å². The Bertz CT molecular complexity index is 291. The van der Waals surface area contributed by atoms with E-state index in [0.717, 1.165) is 29.9 Å². The number of halogens is 1. The molecule has 1 aromatic rings. The topological polar surface area (TPSA) is 21.3 Å². The van der Waals surface area contributed by atoms with Gasteiger partial charge in [-0.2, -0.15) is 0 Å². The van der Waals surface area contributed by atoms with Gasteiger partial charge in [0.1, 0.15) is 12.4 Å². The molecule has 0 bridgehead atoms. The average Bonchev–Trinajstić information content (AvgIpc) is 2.28. The summed E-state index contributed by atoms with van der Waals surface area (Å²) in [5, 5.41) is 3.37. The van der Waals surface area contributed by atoms with Crippen molar-refractivity contribution < 1.29 is 4.74 Å². The Morgan fingerprint density at radius 2 is 2.12 bits per heavy atom. The van der Waals surface area contributed by atoms with E-state index in [9.17, 15) is 0 Å². The summed E-state index contributed by atoms with van der Waals surface area (Å²) >= 11 is 3.42. The average molecular weight is 286 g/mol. The first-order chi connectivity index (χ1) is 7.83. The largest absolute Gasteiger partial charge is 0.492 e. The predicted octanol–water partition coefficient (Wildman–Crippen LogP) is 3.61. The second-order valence-electron chi connectivity index (χ2n) is 3.76. The van der Waals surface area contributed by atoms with E-state index < -0.39 is 0 Å². The van der Waals surface area contributed by atoms with Crippen molar-refractivity contribution in [2.75, 3.05) is 19.7 Å². The summed E-state index contributed by atoms with van der Waals surface area (Å²) in [7, 11) is 0. The van der Waals surface area contributed by atoms with E-state index >= 15 is 0 Å². The minimum absolute atomic E-state index is 0.725. The molecule has 0 aliphatic heterocycles. The molecular weight excluding hydrogens is 266 g/mol. The van der Waals surface area contributed by atoms with Crippen molar-refractivity contribution in [3.63, 3.8) is 0 Å². The molecule has 0 radical (unpaired) electrons. The zero-order valence-electron chi connectivity index (χ0n) is 9.84. The van der Waals surface area contributed by atoms with Crippen molar-refractivity contribution in [2.45, 2.75) is 26.2 Å². The molecule has 0 saturated carbocycles. The number of hydrogen-bond acceptors (Lipinski definition) is 2. The maximum Gasteiger partial charge on any atom is 0.120 e. The van der Waals surface area contributed by atoms with Crippen LogP contribution in [0.15, 0.2) is 28.7 Å². The Morgan fingerprint density at radius 3 is 2.88 bits per heavy atom. The van der Waals surface area contributed by atoms with Crippen LogP contribution in [0.5, 0.6) is 5.75 Å². The van der Waals surface area contributed by atoms with E-state index in [0.29, 0.717) is 0 Å². The van der Waals surface area contributed by atoms with Crippen LogP contribution in [0, 0.1) is 0 Å². The molecule has 0 fully saturated rings. The van der Waals surface area contributed by atoms with Crippen molar-refractivity contribution in [2.24, 2.45) is 0 Å². The molecule has 90 valence electrons. The Hall–Kier alpha value is -0.540. The van der Waals surface area contributed by atoms with Gasteiger partial charge in [-0.25, -0.2) is 0 Å². The molecule has 0 heterocycles. The van der Waals surface area contributed by atoms with Gasteiger partial charge < -0.3 is 10.1 Å². The Kier molecular flexibility index (Phi) is 7.26. The van der Waals surface area contributed by atoms with E-state index in [4.69, 9.17) is 4.74 Å². The fraction of sp³-hybridized carbons (Fsp3) is 0.538. The number of nitrogens with one attached hydrogen (secondary N) is 1. The van der Waals surface area contributed by atoms with Gasteiger partial charge in [0.15, 0.2) is 0 Å². The normalized spacial score (nSPS) is 10.4. The van der Waals surface area contributed by atoms with Gasteiger partial charge in [0, 0.05) is 11.0 Å². The molecule has 0 aliphatic carbocycles. The Balaban J connectivity index is 2.03. The highest BCUT2D eigenvalue weighted by Gasteiger charge is 1.94. The minimum atomic E-state index is 0.725. The van der Waals surface area contributed by atoms with Gasteiger partial charge in [-0.3, -0.25) is 0 Å². The molecule has 1 aromatic carbocycles. The van der Waals surface area contributed by atoms with Crippen LogP contribution >= 0.6 is 15.9 Å². The second kappa shape index (κ2) is 8.59. The van der Waals surface area contributed by atoms with Crippen molar-refractivity contribution in [1.82, 2.24) is 5.32 Å². The van der Waals surface area contributed by atoms with Gasteiger partial charge >= 0.3 is 0 Å². The molecule has 3 heteroatoms. The van der Waals surface area contributed by atoms with Crippen LogP contribution in [0.1, 0.15) is 26.2 Å². The molecule has 1 N–H and O–H groups in total. The van der Waals surface area contributed by atoms with Crippen LogP contribution < -0.4 is 10.1 Å². The molecule has 0 amide bonds. The highest BCUT2D eigenvalue weighted by atomic mass is 79.9. The monoisotopic (exact) mass is 285 g/mol. The maximum absolute atomic E-state index is 5.60. The zero-order valence-corrected chi connectivity index (χ0v) is 11.4. The highest BCUT2D eigenvalue weighted by Crippen LogP contribution is 2.17. The van der Waals surface area contributed by atoms with Crippen LogP contribution in [0.3, 0.4) is 0 Å². The third-order valence-electron chi connectivity index (χ3n) is 2.30. The first-order valence-electron chi connectivity index (χ1n) is 5.92. The summed E-state index contributed by atoms with van der Waals surface area (Å²) in [6, 6.07) is 7.93. The molecule has 0 atom stereocenters. The minimum Gasteiger partial charge on any atom is -0.492 e. The molecular formula is C13H20BrNO. The Morgan fingerprint density at radius 1 is 1.25 bits per heavy atom. The lowest BCUT2D eigenvalue weighted by atomic mass is 10.2. The zero-order chi connectivity index (χ0) is 11.6. The molecule has 0 aromatic heterocycles. The molecule has 0 aliphatic rings. The molecule has 0 spiro atoms. The fourth-order valence-corrected chi connectivity index (χ4v) is 1.80. The summed E-state index contributed by atoms with van der Waals surface area (Å²) in [6.45, 7) is 4.95. The third kappa shape index (κ3) is 6.13. The Labute approximate surface area is 107 Å². The summed E-state index contributed by atoms with van der Waals surface area (Å²) in [5.41, 5.74) is 0. The van der Waals surface area contributed by atoms with Crippen LogP contribution in [0.2, 0.25) is 0 Å². The van der Waals surface area contributed by atoms with Gasteiger partial charge in [-0.1, -0.05) is 41.8 Å². The van der Waals surface area contributed by atoms with Crippen LogP contribution in [-0.4, -0.2) is 19.7 Å². The van der Waals surface area contributed by atoms with Crippen molar-refractivity contribution >= 4 is 15.9 Å². The van der Waals surface area contributed by atoms with E-state index in [1.165, 1.54) is 19.3 Å². The summed E-state index contributed by atoms with van der Waals surface area (Å²) in [6.07, 6.45) is 3.84. The number of ether oxygens (including phenoxy) is 1. The number of benzene rings is 1. The number of rotatable bonds is 8. The number of unbranched alkanes of at least 4 members (excludes halogenated alkanes) is 2. The molecule has 16 heavy (non-hydrogen) atoms. The fourth-order valence-electron chi connectivity index (χ4n) is 1.42. The van der Waals surface area contributed by atoms with Gasteiger partial charge in [0.25, 0.3) is 0 Å². The van der Waals surface area contributed by atoms with E-state index in [-0.39, 0.29) is 0 Å². The first kappa shape index (κ1) is 13.5. The quantitative estimate of drug-likeness (QED) is 0.737. The number of hydrogen-bond donors (Lipinski definition) is 1. The predicted molar refractivity (Wildman–Crippen MR) is 72.0 cm³/mol. The lowest BCUT2D eigenvalue weighted by Crippen LogP contribution is -2.22. The van der Waals surface area contributed by atoms with Crippen molar-refractivity contribution in [1.29, 1.82) is 0 Å². The van der Waals surface area contributed by atoms with E-state index in [1.54, 1.807) is 0 Å².